The zero-order valence-corrected chi connectivity index (χ0v) is 12.8. The van der Waals surface area contributed by atoms with Gasteiger partial charge in [-0.1, -0.05) is 18.2 Å². The van der Waals surface area contributed by atoms with Crippen molar-refractivity contribution >= 4 is 11.6 Å². The first-order chi connectivity index (χ1) is 10.2. The van der Waals surface area contributed by atoms with Gasteiger partial charge in [-0.05, 0) is 30.5 Å². The Morgan fingerprint density at radius 1 is 1.38 bits per heavy atom. The molecule has 4 heteroatoms. The van der Waals surface area contributed by atoms with Gasteiger partial charge in [0.05, 0.1) is 0 Å². The standard InChI is InChI=1S/C17H25N3O/c1-3-4-5-17(20-12-10-18-11-13-20)15-6-8-16(9-7-15)19-14(2)21/h3,6-9,17-18H,1,4-5,10-13H2,2H3,(H,19,21)/t17-/m0/s1. The van der Waals surface area contributed by atoms with E-state index < -0.39 is 0 Å². The fourth-order valence-corrected chi connectivity index (χ4v) is 2.82. The van der Waals surface area contributed by atoms with Crippen molar-refractivity contribution in [1.29, 1.82) is 0 Å². The summed E-state index contributed by atoms with van der Waals surface area (Å²) in [5, 5.41) is 6.21. The number of carbonyl (C=O) groups is 1. The fraction of sp³-hybridized carbons (Fsp3) is 0.471. The molecule has 0 bridgehead atoms. The number of carbonyl (C=O) groups excluding carboxylic acids is 1. The normalized spacial score (nSPS) is 17.2. The zero-order valence-electron chi connectivity index (χ0n) is 12.8. The molecular formula is C17H25N3O. The molecule has 0 aromatic heterocycles. The molecule has 0 spiro atoms. The topological polar surface area (TPSA) is 44.4 Å². The number of anilines is 1. The lowest BCUT2D eigenvalue weighted by Gasteiger charge is -2.35. The Kier molecular flexibility index (Phi) is 5.96. The highest BCUT2D eigenvalue weighted by atomic mass is 16.1. The van der Waals surface area contributed by atoms with Crippen LogP contribution in [0.4, 0.5) is 5.69 Å². The Labute approximate surface area is 127 Å². The molecule has 2 N–H and O–H groups in total. The monoisotopic (exact) mass is 287 g/mol. The minimum atomic E-state index is -0.0342. The van der Waals surface area contributed by atoms with Crippen LogP contribution in [0.2, 0.25) is 0 Å². The summed E-state index contributed by atoms with van der Waals surface area (Å²) >= 11 is 0. The summed E-state index contributed by atoms with van der Waals surface area (Å²) in [7, 11) is 0. The van der Waals surface area contributed by atoms with Crippen LogP contribution in [-0.2, 0) is 4.79 Å². The summed E-state index contributed by atoms with van der Waals surface area (Å²) in [5.41, 5.74) is 2.17. The molecule has 1 amide bonds. The summed E-state index contributed by atoms with van der Waals surface area (Å²) in [4.78, 5) is 13.6. The van der Waals surface area contributed by atoms with Gasteiger partial charge in [0.2, 0.25) is 5.91 Å². The van der Waals surface area contributed by atoms with Crippen molar-refractivity contribution < 1.29 is 4.79 Å². The molecule has 1 saturated heterocycles. The Morgan fingerprint density at radius 3 is 2.62 bits per heavy atom. The lowest BCUT2D eigenvalue weighted by molar-refractivity contribution is -0.114. The van der Waals surface area contributed by atoms with Crippen LogP contribution in [-0.4, -0.2) is 37.0 Å². The number of nitrogens with one attached hydrogen (secondary N) is 2. The average Bonchev–Trinajstić information content (AvgIpc) is 2.50. The number of nitrogens with zero attached hydrogens (tertiary/aromatic N) is 1. The average molecular weight is 287 g/mol. The maximum Gasteiger partial charge on any atom is 0.221 e. The zero-order chi connectivity index (χ0) is 15.1. The van der Waals surface area contributed by atoms with E-state index in [0.717, 1.165) is 44.7 Å². The van der Waals surface area contributed by atoms with Crippen molar-refractivity contribution in [3.05, 3.63) is 42.5 Å². The minimum Gasteiger partial charge on any atom is -0.326 e. The van der Waals surface area contributed by atoms with Crippen LogP contribution in [0.25, 0.3) is 0 Å². The van der Waals surface area contributed by atoms with Crippen molar-refractivity contribution in [2.45, 2.75) is 25.8 Å². The number of amides is 1. The van der Waals surface area contributed by atoms with E-state index in [-0.39, 0.29) is 5.91 Å². The van der Waals surface area contributed by atoms with Gasteiger partial charge < -0.3 is 10.6 Å². The Hall–Kier alpha value is -1.65. The molecule has 1 aliphatic heterocycles. The highest BCUT2D eigenvalue weighted by Gasteiger charge is 2.21. The van der Waals surface area contributed by atoms with E-state index in [1.54, 1.807) is 0 Å². The Bertz CT molecular complexity index is 463. The molecule has 1 atom stereocenters. The van der Waals surface area contributed by atoms with E-state index in [1.165, 1.54) is 12.5 Å². The molecule has 0 unspecified atom stereocenters. The minimum absolute atomic E-state index is 0.0342. The van der Waals surface area contributed by atoms with Gasteiger partial charge in [-0.3, -0.25) is 9.69 Å². The first-order valence-corrected chi connectivity index (χ1v) is 7.64. The van der Waals surface area contributed by atoms with Crippen LogP contribution in [0.15, 0.2) is 36.9 Å². The lowest BCUT2D eigenvalue weighted by Crippen LogP contribution is -2.45. The third-order valence-corrected chi connectivity index (χ3v) is 3.85. The molecule has 1 aromatic carbocycles. The number of piperazine rings is 1. The molecule has 0 aliphatic carbocycles. The van der Waals surface area contributed by atoms with Crippen LogP contribution in [0.5, 0.6) is 0 Å². The Morgan fingerprint density at radius 2 is 2.05 bits per heavy atom. The maximum atomic E-state index is 11.1. The highest BCUT2D eigenvalue weighted by Crippen LogP contribution is 2.27. The van der Waals surface area contributed by atoms with Crippen LogP contribution < -0.4 is 10.6 Å². The predicted octanol–water partition coefficient (Wildman–Crippen LogP) is 2.56. The molecule has 0 radical (unpaired) electrons. The number of hydrogen-bond donors (Lipinski definition) is 2. The third kappa shape index (κ3) is 4.69. The summed E-state index contributed by atoms with van der Waals surface area (Å²) in [6.45, 7) is 9.63. The third-order valence-electron chi connectivity index (χ3n) is 3.85. The largest absolute Gasteiger partial charge is 0.326 e. The van der Waals surface area contributed by atoms with Crippen molar-refractivity contribution in [3.8, 4) is 0 Å². The van der Waals surface area contributed by atoms with Gasteiger partial charge in [0.15, 0.2) is 0 Å². The van der Waals surface area contributed by atoms with Crippen molar-refractivity contribution in [2.24, 2.45) is 0 Å². The first-order valence-electron chi connectivity index (χ1n) is 7.64. The molecule has 0 saturated carbocycles. The summed E-state index contributed by atoms with van der Waals surface area (Å²) in [6.07, 6.45) is 4.09. The van der Waals surface area contributed by atoms with Crippen molar-refractivity contribution in [1.82, 2.24) is 10.2 Å². The van der Waals surface area contributed by atoms with E-state index >= 15 is 0 Å². The van der Waals surface area contributed by atoms with E-state index in [4.69, 9.17) is 0 Å². The van der Waals surface area contributed by atoms with Crippen LogP contribution in [0.3, 0.4) is 0 Å². The van der Waals surface area contributed by atoms with Gasteiger partial charge in [-0.25, -0.2) is 0 Å². The van der Waals surface area contributed by atoms with Gasteiger partial charge in [-0.15, -0.1) is 6.58 Å². The second-order valence-corrected chi connectivity index (χ2v) is 5.47. The van der Waals surface area contributed by atoms with E-state index in [2.05, 4.69) is 34.2 Å². The second-order valence-electron chi connectivity index (χ2n) is 5.47. The quantitative estimate of drug-likeness (QED) is 0.790. The molecular weight excluding hydrogens is 262 g/mol. The lowest BCUT2D eigenvalue weighted by atomic mass is 9.99. The van der Waals surface area contributed by atoms with E-state index in [9.17, 15) is 4.79 Å². The van der Waals surface area contributed by atoms with Crippen LogP contribution in [0, 0.1) is 0 Å². The Balaban J connectivity index is 2.11. The second kappa shape index (κ2) is 7.96. The molecule has 21 heavy (non-hydrogen) atoms. The molecule has 2 rings (SSSR count). The first kappa shape index (κ1) is 15.7. The maximum absolute atomic E-state index is 11.1. The van der Waals surface area contributed by atoms with Crippen LogP contribution >= 0.6 is 0 Å². The summed E-state index contributed by atoms with van der Waals surface area (Å²) in [6, 6.07) is 8.65. The fourth-order valence-electron chi connectivity index (χ4n) is 2.82. The molecule has 1 aromatic rings. The molecule has 1 fully saturated rings. The molecule has 1 heterocycles. The van der Waals surface area contributed by atoms with Gasteiger partial charge >= 0.3 is 0 Å². The molecule has 1 aliphatic rings. The highest BCUT2D eigenvalue weighted by molar-refractivity contribution is 5.88. The smallest absolute Gasteiger partial charge is 0.221 e. The van der Waals surface area contributed by atoms with Crippen molar-refractivity contribution in [3.63, 3.8) is 0 Å². The van der Waals surface area contributed by atoms with E-state index in [1.807, 2.05) is 18.2 Å². The van der Waals surface area contributed by atoms with E-state index in [0.29, 0.717) is 6.04 Å². The van der Waals surface area contributed by atoms with Crippen molar-refractivity contribution in [2.75, 3.05) is 31.5 Å². The number of hydrogen-bond acceptors (Lipinski definition) is 3. The SMILES string of the molecule is C=CCC[C@@H](c1ccc(NC(C)=O)cc1)N1CCNCC1. The summed E-state index contributed by atoms with van der Waals surface area (Å²) < 4.78 is 0. The van der Waals surface area contributed by atoms with Gasteiger partial charge in [0, 0.05) is 44.8 Å². The molecule has 4 nitrogen and oxygen atoms in total. The summed E-state index contributed by atoms with van der Waals surface area (Å²) in [5.74, 6) is -0.0342. The number of benzene rings is 1. The predicted molar refractivity (Wildman–Crippen MR) is 87.4 cm³/mol. The molecule has 114 valence electrons. The van der Waals surface area contributed by atoms with Gasteiger partial charge in [0.25, 0.3) is 0 Å². The van der Waals surface area contributed by atoms with Gasteiger partial charge in [-0.2, -0.15) is 0 Å². The number of allylic oxidation sites excluding steroid dienone is 1. The van der Waals surface area contributed by atoms with Crippen LogP contribution in [0.1, 0.15) is 31.4 Å². The van der Waals surface area contributed by atoms with Gasteiger partial charge in [0.1, 0.15) is 0 Å². The number of rotatable bonds is 6.